The van der Waals surface area contributed by atoms with Crippen LogP contribution in [-0.2, 0) is 14.8 Å². The third-order valence-electron chi connectivity index (χ3n) is 5.51. The predicted molar refractivity (Wildman–Crippen MR) is 129 cm³/mol. The van der Waals surface area contributed by atoms with E-state index in [1.165, 1.54) is 4.31 Å². The molecule has 3 aromatic carbocycles. The number of carbonyl (C=O) groups excluding carboxylic acids is 1. The lowest BCUT2D eigenvalue weighted by atomic mass is 10.0. The molecule has 0 spiro atoms. The van der Waals surface area contributed by atoms with Crippen LogP contribution in [0, 0.1) is 27.7 Å². The average molecular weight is 451 g/mol. The van der Waals surface area contributed by atoms with Crippen LogP contribution in [0.1, 0.15) is 40.8 Å². The van der Waals surface area contributed by atoms with Gasteiger partial charge in [-0.3, -0.25) is 9.10 Å². The molecule has 5 nitrogen and oxygen atoms in total. The quantitative estimate of drug-likeness (QED) is 0.551. The maximum Gasteiger partial charge on any atom is 0.264 e. The number of hydrogen-bond donors (Lipinski definition) is 1. The van der Waals surface area contributed by atoms with E-state index in [0.29, 0.717) is 5.69 Å². The van der Waals surface area contributed by atoms with Crippen LogP contribution in [0.4, 0.5) is 5.69 Å². The Balaban J connectivity index is 1.93. The number of nitrogens with one attached hydrogen (secondary N) is 1. The number of carbonyl (C=O) groups is 1. The van der Waals surface area contributed by atoms with Crippen LogP contribution in [0.2, 0.25) is 0 Å². The maximum atomic E-state index is 13.5. The van der Waals surface area contributed by atoms with E-state index < -0.39 is 10.0 Å². The molecule has 6 heteroatoms. The number of amides is 1. The highest BCUT2D eigenvalue weighted by atomic mass is 32.2. The summed E-state index contributed by atoms with van der Waals surface area (Å²) in [4.78, 5) is 13.2. The van der Waals surface area contributed by atoms with Crippen molar-refractivity contribution in [3.8, 4) is 0 Å². The first kappa shape index (κ1) is 23.5. The van der Waals surface area contributed by atoms with Gasteiger partial charge in [0.1, 0.15) is 6.54 Å². The summed E-state index contributed by atoms with van der Waals surface area (Å²) in [5, 5.41) is 2.97. The summed E-state index contributed by atoms with van der Waals surface area (Å²) < 4.78 is 28.2. The van der Waals surface area contributed by atoms with Crippen molar-refractivity contribution in [1.82, 2.24) is 5.32 Å². The normalized spacial score (nSPS) is 12.3. The molecule has 0 radical (unpaired) electrons. The first-order chi connectivity index (χ1) is 15.1. The molecule has 32 heavy (non-hydrogen) atoms. The van der Waals surface area contributed by atoms with Crippen LogP contribution in [0.15, 0.2) is 71.6 Å². The Morgan fingerprint density at radius 1 is 0.875 bits per heavy atom. The van der Waals surface area contributed by atoms with E-state index in [1.807, 2.05) is 58.9 Å². The van der Waals surface area contributed by atoms with Gasteiger partial charge in [-0.15, -0.1) is 0 Å². The van der Waals surface area contributed by atoms with Crippen LogP contribution < -0.4 is 9.62 Å². The van der Waals surface area contributed by atoms with E-state index in [4.69, 9.17) is 0 Å². The highest BCUT2D eigenvalue weighted by Gasteiger charge is 2.28. The molecule has 3 rings (SSSR count). The molecule has 0 saturated carbocycles. The minimum absolute atomic E-state index is 0.148. The highest BCUT2D eigenvalue weighted by Crippen LogP contribution is 2.28. The average Bonchev–Trinajstić information content (AvgIpc) is 2.73. The van der Waals surface area contributed by atoms with Crippen molar-refractivity contribution in [3.05, 3.63) is 94.5 Å². The van der Waals surface area contributed by atoms with Gasteiger partial charge in [-0.25, -0.2) is 8.42 Å². The SMILES string of the molecule is Cc1ccc(C(C)NC(=O)CN(c2ccc(C)cc2C)S(=O)(=O)c2ccccc2)c(C)c1. The van der Waals surface area contributed by atoms with Gasteiger partial charge in [-0.1, -0.05) is 59.7 Å². The van der Waals surface area contributed by atoms with Crippen LogP contribution in [0.25, 0.3) is 0 Å². The largest absolute Gasteiger partial charge is 0.348 e. The standard InChI is InChI=1S/C26H30N2O3S/c1-18-11-13-24(20(3)15-18)22(5)27-26(29)17-28(25-14-12-19(2)16-21(25)4)32(30,31)23-9-7-6-8-10-23/h6-16,22H,17H2,1-5H3,(H,27,29). The van der Waals surface area contributed by atoms with Crippen molar-refractivity contribution in [1.29, 1.82) is 0 Å². The van der Waals surface area contributed by atoms with Crippen molar-refractivity contribution in [2.75, 3.05) is 10.8 Å². The third kappa shape index (κ3) is 5.19. The van der Waals surface area contributed by atoms with Gasteiger partial charge in [0.15, 0.2) is 0 Å². The van der Waals surface area contributed by atoms with Gasteiger partial charge in [0.2, 0.25) is 5.91 Å². The second-order valence-corrected chi connectivity index (χ2v) is 10.1. The number of benzene rings is 3. The lowest BCUT2D eigenvalue weighted by Gasteiger charge is -2.27. The Labute approximate surface area is 191 Å². The molecule has 0 aliphatic rings. The topological polar surface area (TPSA) is 66.5 Å². The van der Waals surface area contributed by atoms with E-state index >= 15 is 0 Å². The number of anilines is 1. The minimum atomic E-state index is -3.93. The van der Waals surface area contributed by atoms with Crippen molar-refractivity contribution in [3.63, 3.8) is 0 Å². The zero-order chi connectivity index (χ0) is 23.5. The summed E-state index contributed by atoms with van der Waals surface area (Å²) in [5.74, 6) is -0.364. The smallest absolute Gasteiger partial charge is 0.264 e. The summed E-state index contributed by atoms with van der Waals surface area (Å²) >= 11 is 0. The number of aryl methyl sites for hydroxylation is 4. The molecular formula is C26H30N2O3S. The number of rotatable bonds is 7. The molecular weight excluding hydrogens is 420 g/mol. The molecule has 168 valence electrons. The predicted octanol–water partition coefficient (Wildman–Crippen LogP) is 4.99. The van der Waals surface area contributed by atoms with E-state index in [0.717, 1.165) is 27.8 Å². The highest BCUT2D eigenvalue weighted by molar-refractivity contribution is 7.92. The van der Waals surface area contributed by atoms with E-state index in [2.05, 4.69) is 11.4 Å². The molecule has 1 amide bonds. The van der Waals surface area contributed by atoms with E-state index in [1.54, 1.807) is 36.4 Å². The molecule has 0 aromatic heterocycles. The first-order valence-corrected chi connectivity index (χ1v) is 12.0. The van der Waals surface area contributed by atoms with Gasteiger partial charge in [0, 0.05) is 0 Å². The number of sulfonamides is 1. The Bertz CT molecular complexity index is 1220. The molecule has 0 heterocycles. The Morgan fingerprint density at radius 3 is 2.06 bits per heavy atom. The van der Waals surface area contributed by atoms with Gasteiger partial charge in [-0.05, 0) is 69.5 Å². The molecule has 0 aliphatic heterocycles. The summed E-state index contributed by atoms with van der Waals surface area (Å²) in [6, 6.07) is 19.6. The Hall–Kier alpha value is -3.12. The van der Waals surface area contributed by atoms with Crippen LogP contribution in [0.5, 0.6) is 0 Å². The maximum absolute atomic E-state index is 13.5. The van der Waals surface area contributed by atoms with Crippen LogP contribution >= 0.6 is 0 Å². The second-order valence-electron chi connectivity index (χ2n) is 8.26. The molecule has 0 saturated heterocycles. The first-order valence-electron chi connectivity index (χ1n) is 10.6. The van der Waals surface area contributed by atoms with Crippen molar-refractivity contribution in [2.45, 2.75) is 45.6 Å². The Kier molecular flexibility index (Phi) is 7.04. The van der Waals surface area contributed by atoms with Crippen LogP contribution in [-0.4, -0.2) is 20.9 Å². The molecule has 3 aromatic rings. The summed E-state index contributed by atoms with van der Waals surface area (Å²) in [6.45, 7) is 9.43. The third-order valence-corrected chi connectivity index (χ3v) is 7.28. The van der Waals surface area contributed by atoms with Gasteiger partial charge in [0.05, 0.1) is 16.6 Å². The molecule has 1 N–H and O–H groups in total. The van der Waals surface area contributed by atoms with Crippen LogP contribution in [0.3, 0.4) is 0 Å². The fourth-order valence-electron chi connectivity index (χ4n) is 3.91. The monoisotopic (exact) mass is 450 g/mol. The van der Waals surface area contributed by atoms with Gasteiger partial charge in [0.25, 0.3) is 10.0 Å². The van der Waals surface area contributed by atoms with Gasteiger partial charge < -0.3 is 5.32 Å². The Morgan fingerprint density at radius 2 is 1.47 bits per heavy atom. The molecule has 0 bridgehead atoms. The number of hydrogen-bond acceptors (Lipinski definition) is 3. The number of nitrogens with zero attached hydrogens (tertiary/aromatic N) is 1. The summed E-state index contributed by atoms with van der Waals surface area (Å²) in [7, 11) is -3.93. The van der Waals surface area contributed by atoms with E-state index in [9.17, 15) is 13.2 Å². The fourth-order valence-corrected chi connectivity index (χ4v) is 5.42. The zero-order valence-corrected chi connectivity index (χ0v) is 20.0. The summed E-state index contributed by atoms with van der Waals surface area (Å²) in [5.41, 5.74) is 5.55. The lowest BCUT2D eigenvalue weighted by Crippen LogP contribution is -2.42. The van der Waals surface area contributed by atoms with Gasteiger partial charge >= 0.3 is 0 Å². The molecule has 1 unspecified atom stereocenters. The van der Waals surface area contributed by atoms with Crippen molar-refractivity contribution in [2.24, 2.45) is 0 Å². The second kappa shape index (κ2) is 9.57. The van der Waals surface area contributed by atoms with Gasteiger partial charge in [-0.2, -0.15) is 0 Å². The fraction of sp³-hybridized carbons (Fsp3) is 0.269. The molecule has 0 fully saturated rings. The van der Waals surface area contributed by atoms with E-state index in [-0.39, 0.29) is 23.4 Å². The summed E-state index contributed by atoms with van der Waals surface area (Å²) in [6.07, 6.45) is 0. The molecule has 0 aliphatic carbocycles. The lowest BCUT2D eigenvalue weighted by molar-refractivity contribution is -0.120. The van der Waals surface area contributed by atoms with Crippen molar-refractivity contribution < 1.29 is 13.2 Å². The molecule has 1 atom stereocenters. The zero-order valence-electron chi connectivity index (χ0n) is 19.2. The van der Waals surface area contributed by atoms with Crippen molar-refractivity contribution >= 4 is 21.6 Å². The minimum Gasteiger partial charge on any atom is -0.348 e.